The zero-order chi connectivity index (χ0) is 95.0. The topological polar surface area (TPSA) is 255 Å². The summed E-state index contributed by atoms with van der Waals surface area (Å²) in [5.74, 6) is 0.900. The Hall–Kier alpha value is -9.94. The van der Waals surface area contributed by atoms with Crippen LogP contribution in [0.5, 0.6) is 0 Å². The maximum Gasteiger partial charge on any atom is 0.273 e. The van der Waals surface area contributed by atoms with Crippen LogP contribution in [0.2, 0.25) is 0 Å². The number of rotatable bonds is 14. The predicted octanol–water partition coefficient (Wildman–Crippen LogP) is 11.9. The second kappa shape index (κ2) is 41.7. The van der Waals surface area contributed by atoms with Gasteiger partial charge < -0.3 is 34.3 Å². The zero-order valence-electron chi connectivity index (χ0n) is 82.8. The normalized spacial score (nSPS) is 26.4. The average molecular weight is 1820 g/mol. The molecular formula is C105H147N21O7. The van der Waals surface area contributed by atoms with Gasteiger partial charge in [0.2, 0.25) is 0 Å². The van der Waals surface area contributed by atoms with Crippen molar-refractivity contribution in [1.29, 1.82) is 0 Å². The van der Waals surface area contributed by atoms with Crippen LogP contribution in [-0.2, 0) is 0 Å². The van der Waals surface area contributed by atoms with Crippen molar-refractivity contribution in [3.63, 3.8) is 0 Å². The fourth-order valence-electron chi connectivity index (χ4n) is 22.3. The van der Waals surface area contributed by atoms with E-state index in [4.69, 9.17) is 0 Å². The van der Waals surface area contributed by atoms with E-state index in [1.165, 1.54) is 0 Å². The third-order valence-corrected chi connectivity index (χ3v) is 30.6. The Morgan fingerprint density at radius 3 is 1.01 bits per heavy atom. The van der Waals surface area contributed by atoms with E-state index in [-0.39, 0.29) is 41.4 Å². The van der Waals surface area contributed by atoms with Crippen molar-refractivity contribution < 1.29 is 33.6 Å². The summed E-state index contributed by atoms with van der Waals surface area (Å²) >= 11 is 0. The van der Waals surface area contributed by atoms with Crippen molar-refractivity contribution in [2.24, 2.45) is 0 Å². The van der Waals surface area contributed by atoms with Gasteiger partial charge in [-0.15, -0.1) is 0 Å². The Bertz CT molecular complexity index is 4780. The molecule has 714 valence electrons. The fourth-order valence-corrected chi connectivity index (χ4v) is 22.3. The molecule has 14 fully saturated rings. The number of amides is 7. The van der Waals surface area contributed by atoms with Crippen molar-refractivity contribution in [1.82, 2.24) is 103 Å². The lowest BCUT2D eigenvalue weighted by molar-refractivity contribution is -0.0568. The van der Waals surface area contributed by atoms with Crippen molar-refractivity contribution in [3.05, 3.63) is 207 Å². The third kappa shape index (κ3) is 21.4. The van der Waals surface area contributed by atoms with E-state index in [0.717, 1.165) is 193 Å². The third-order valence-electron chi connectivity index (χ3n) is 30.6. The molecule has 28 heteroatoms. The van der Waals surface area contributed by atoms with E-state index >= 15 is 0 Å². The fraction of sp³-hybridized carbons (Fsp3) is 0.600. The van der Waals surface area contributed by atoms with Crippen molar-refractivity contribution >= 4 is 41.4 Å². The highest BCUT2D eigenvalue weighted by molar-refractivity contribution is 5.99. The zero-order valence-corrected chi connectivity index (χ0v) is 82.8. The molecule has 0 radical (unpaired) electrons. The van der Waals surface area contributed by atoms with Crippen LogP contribution in [0.4, 0.5) is 0 Å². The molecule has 28 nitrogen and oxygen atoms in total. The first-order valence-corrected chi connectivity index (χ1v) is 49.4. The molecule has 7 aromatic rings. The Balaban J connectivity index is 0.000000118. The monoisotopic (exact) mass is 1810 g/mol. The van der Waals surface area contributed by atoms with Crippen LogP contribution >= 0.6 is 0 Å². The molecule has 14 aliphatic heterocycles. The average Bonchev–Trinajstić information content (AvgIpc) is 0.760. The summed E-state index contributed by atoms with van der Waals surface area (Å²) in [7, 11) is 0. The number of nitrogens with zero attached hydrogens (tertiary/aromatic N) is 21. The number of pyridine rings is 7. The highest BCUT2D eigenvalue weighted by Crippen LogP contribution is 2.42. The molecule has 133 heavy (non-hydrogen) atoms. The van der Waals surface area contributed by atoms with Crippen LogP contribution in [0.1, 0.15) is 254 Å². The molecule has 21 rings (SSSR count). The van der Waals surface area contributed by atoms with E-state index in [1.54, 1.807) is 43.4 Å². The van der Waals surface area contributed by atoms with Crippen LogP contribution < -0.4 is 0 Å². The summed E-state index contributed by atoms with van der Waals surface area (Å²) in [5, 5.41) is 0. The van der Waals surface area contributed by atoms with E-state index in [1.807, 2.05) is 153 Å². The standard InChI is InChI=1S/7C15H21N3O/c1-10(2)17-8-12-6-13(9-17)18(12)15(19)14-7-16-5-4-11(14)3;1-10(2)17-8-13-6-14(9-17)18(13)15(19)12-5-4-11(3)16-7-12;1-10(2)17-8-12-6-13(9-17)18(12)15(19)14-5-4-11(3)7-16-14;1-10(2)17-8-12-7-13(9-17)18(12)15(19)14-6-11(3)4-5-16-14;1-10(2)17-8-12-7-13(9-17)18(12)15(19)14-5-4-6-16-11(14)3;1-10(2)17-8-12-7-13(9-17)18(12)15(19)14-11(3)5-4-6-16-14;1-10(2)17-8-12-7-13(9-17)18(12)15(19)14-6-4-5-11(3)16-14/h4-5,7,10,12-13H,6,8-9H2,1-3H3;4-5,7,10,13-14H,6,8-9H2,1-3H3;4-5,7,10,12-13H,6,8-9H2,1-3H3;4*4-6,10,12-13H,7-9H2,1-3H3. The molecule has 14 atom stereocenters. The summed E-state index contributed by atoms with van der Waals surface area (Å²) < 4.78 is 0. The summed E-state index contributed by atoms with van der Waals surface area (Å²) in [6, 6.07) is 36.0. The minimum atomic E-state index is 0.102. The first-order valence-electron chi connectivity index (χ1n) is 49.4. The minimum Gasteiger partial charge on any atom is -0.330 e. The number of aryl methyl sites for hydroxylation is 7. The summed E-state index contributed by atoms with van der Waals surface area (Å²) in [5.41, 5.74) is 11.5. The first kappa shape index (κ1) is 97.6. The highest BCUT2D eigenvalue weighted by Gasteiger charge is 2.55. The number of fused-ring (bicyclic) bond motifs is 14. The molecule has 0 aromatic carbocycles. The van der Waals surface area contributed by atoms with Gasteiger partial charge in [0.1, 0.15) is 22.8 Å². The van der Waals surface area contributed by atoms with Gasteiger partial charge >= 0.3 is 0 Å². The maximum atomic E-state index is 12.6. The molecule has 0 spiro atoms. The molecule has 14 aliphatic rings. The molecule has 7 amide bonds. The second-order valence-electron chi connectivity index (χ2n) is 41.9. The number of carbonyl (C=O) groups excluding carboxylic acids is 7. The summed E-state index contributed by atoms with van der Waals surface area (Å²) in [6.07, 6.45) is 20.2. The number of hydrogen-bond acceptors (Lipinski definition) is 21. The van der Waals surface area contributed by atoms with Gasteiger partial charge in [0, 0.05) is 279 Å². The molecule has 14 saturated heterocycles. The number of piperidine rings is 7. The van der Waals surface area contributed by atoms with Gasteiger partial charge in [-0.25, -0.2) is 4.98 Å². The molecule has 14 bridgehead atoms. The van der Waals surface area contributed by atoms with Crippen LogP contribution in [0.15, 0.2) is 128 Å². The van der Waals surface area contributed by atoms with Gasteiger partial charge in [-0.05, 0) is 279 Å². The maximum absolute atomic E-state index is 12.6. The Morgan fingerprint density at radius 2 is 0.647 bits per heavy atom. The van der Waals surface area contributed by atoms with Crippen LogP contribution in [0.3, 0.4) is 0 Å². The number of hydrogen-bond donors (Lipinski definition) is 0. The molecule has 21 heterocycles. The minimum absolute atomic E-state index is 0.102. The Kier molecular flexibility index (Phi) is 30.6. The van der Waals surface area contributed by atoms with Gasteiger partial charge in [-0.3, -0.25) is 97.8 Å². The quantitative estimate of drug-likeness (QED) is 0.0980. The Morgan fingerprint density at radius 1 is 0.271 bits per heavy atom. The molecule has 0 N–H and O–H groups in total. The second-order valence-corrected chi connectivity index (χ2v) is 41.9. The van der Waals surface area contributed by atoms with Crippen molar-refractivity contribution in [3.8, 4) is 0 Å². The lowest BCUT2D eigenvalue weighted by atomic mass is 9.85. The summed E-state index contributed by atoms with van der Waals surface area (Å²) in [4.78, 5) is 149. The largest absolute Gasteiger partial charge is 0.330 e. The molecule has 0 saturated carbocycles. The van der Waals surface area contributed by atoms with Crippen LogP contribution in [0.25, 0.3) is 0 Å². The van der Waals surface area contributed by atoms with Gasteiger partial charge in [-0.2, -0.15) is 0 Å². The lowest BCUT2D eigenvalue weighted by Gasteiger charge is -2.57. The van der Waals surface area contributed by atoms with Crippen LogP contribution in [0, 0.1) is 48.5 Å². The number of likely N-dealkylation sites (tertiary alicyclic amines) is 14. The smallest absolute Gasteiger partial charge is 0.273 e. The van der Waals surface area contributed by atoms with Crippen molar-refractivity contribution in [2.75, 3.05) is 91.6 Å². The SMILES string of the molecule is Cc1ccc(C(=O)N2C3CC2CN(C(C)C)C3)cn1.Cc1ccc(C(=O)N2C3CC2CN(C(C)C)C3)nc1.Cc1cccc(C(=O)N2C3CC2CN(C(C)C)C3)n1.Cc1cccnc1C(=O)N1C2CC1CN(C(C)C)C2.Cc1ccnc(C(=O)N2C3CC2CN(C(C)C)C3)c1.Cc1ccncc1C(=O)N1C2CC1CN(C(C)C)C2.Cc1ncccc1C(=O)N1C2CC1CN(C(C)C)C2. The summed E-state index contributed by atoms with van der Waals surface area (Å²) in [6.45, 7) is 58.9. The molecule has 14 unspecified atom stereocenters. The number of aromatic nitrogens is 7. The number of carbonyl (C=O) groups is 7. The number of piperazine rings is 7. The molecule has 0 aliphatic carbocycles. The molecular weight excluding hydrogens is 1670 g/mol. The predicted molar refractivity (Wildman–Crippen MR) is 518 cm³/mol. The lowest BCUT2D eigenvalue weighted by Crippen LogP contribution is -2.70. The van der Waals surface area contributed by atoms with Gasteiger partial charge in [0.25, 0.3) is 41.4 Å². The first-order chi connectivity index (χ1) is 63.5. The highest BCUT2D eigenvalue weighted by atomic mass is 16.2. The molecule has 7 aromatic heterocycles. The van der Waals surface area contributed by atoms with E-state index in [2.05, 4.69) is 181 Å². The van der Waals surface area contributed by atoms with E-state index < -0.39 is 0 Å². The van der Waals surface area contributed by atoms with E-state index in [9.17, 15) is 33.6 Å². The van der Waals surface area contributed by atoms with Gasteiger partial charge in [0.05, 0.1) is 16.7 Å². The van der Waals surface area contributed by atoms with Gasteiger partial charge in [0.15, 0.2) is 0 Å². The van der Waals surface area contributed by atoms with Crippen molar-refractivity contribution in [2.45, 2.75) is 317 Å². The van der Waals surface area contributed by atoms with Crippen LogP contribution in [-0.4, -0.2) is 363 Å². The van der Waals surface area contributed by atoms with E-state index in [0.29, 0.717) is 150 Å². The van der Waals surface area contributed by atoms with Gasteiger partial charge in [-0.1, -0.05) is 18.2 Å². The Labute approximate surface area is 790 Å².